The minimum Gasteiger partial charge on any atom is -0.459 e. The molecule has 0 spiro atoms. The third-order valence-corrected chi connectivity index (χ3v) is 8.19. The van der Waals surface area contributed by atoms with Crippen molar-refractivity contribution in [1.82, 2.24) is 0 Å². The van der Waals surface area contributed by atoms with Gasteiger partial charge in [0.1, 0.15) is 23.4 Å². The summed E-state index contributed by atoms with van der Waals surface area (Å²) in [5.74, 6) is -2.38. The number of carbonyl (C=O) groups excluding carboxylic acids is 3. The summed E-state index contributed by atoms with van der Waals surface area (Å²) in [6.07, 6.45) is 0.817. The highest BCUT2D eigenvalue weighted by atomic mass is 16.6. The molecule has 1 aliphatic carbocycles. The summed E-state index contributed by atoms with van der Waals surface area (Å²) < 4.78 is 29.9. The van der Waals surface area contributed by atoms with Crippen molar-refractivity contribution in [3.05, 3.63) is 11.6 Å². The second kappa shape index (κ2) is 10.1. The van der Waals surface area contributed by atoms with Crippen LogP contribution in [0.4, 0.5) is 0 Å². The molecular formula is C27H42O9. The highest BCUT2D eigenvalue weighted by molar-refractivity contribution is 5.67. The van der Waals surface area contributed by atoms with Gasteiger partial charge in [-0.05, 0) is 53.5 Å². The third kappa shape index (κ3) is 5.48. The van der Waals surface area contributed by atoms with Gasteiger partial charge in [0.25, 0.3) is 0 Å². The highest BCUT2D eigenvalue weighted by Crippen LogP contribution is 2.56. The van der Waals surface area contributed by atoms with Gasteiger partial charge >= 0.3 is 17.9 Å². The van der Waals surface area contributed by atoms with Gasteiger partial charge in [-0.15, -0.1) is 0 Å². The first-order valence-electron chi connectivity index (χ1n) is 12.7. The molecule has 36 heavy (non-hydrogen) atoms. The lowest BCUT2D eigenvalue weighted by Gasteiger charge is -2.49. The van der Waals surface area contributed by atoms with E-state index in [9.17, 15) is 19.5 Å². The van der Waals surface area contributed by atoms with Crippen LogP contribution < -0.4 is 0 Å². The maximum Gasteiger partial charge on any atom is 0.303 e. The van der Waals surface area contributed by atoms with Gasteiger partial charge in [-0.2, -0.15) is 0 Å². The van der Waals surface area contributed by atoms with Crippen LogP contribution in [0.15, 0.2) is 11.6 Å². The fourth-order valence-electron chi connectivity index (χ4n) is 7.04. The van der Waals surface area contributed by atoms with E-state index in [2.05, 4.69) is 0 Å². The molecule has 2 saturated heterocycles. The van der Waals surface area contributed by atoms with Gasteiger partial charge in [0, 0.05) is 52.1 Å². The highest BCUT2D eigenvalue weighted by Gasteiger charge is 2.64. The van der Waals surface area contributed by atoms with E-state index in [-0.39, 0.29) is 11.8 Å². The van der Waals surface area contributed by atoms with Gasteiger partial charge in [-0.3, -0.25) is 14.4 Å². The first-order valence-corrected chi connectivity index (χ1v) is 12.7. The first kappa shape index (κ1) is 28.6. The molecule has 9 atom stereocenters. The molecule has 3 rings (SSSR count). The molecule has 0 unspecified atom stereocenters. The van der Waals surface area contributed by atoms with Gasteiger partial charge in [0.05, 0.1) is 17.8 Å². The fraction of sp³-hybridized carbons (Fsp3) is 0.815. The van der Waals surface area contributed by atoms with Crippen LogP contribution in [-0.2, 0) is 38.1 Å². The molecule has 9 nitrogen and oxygen atoms in total. The fourth-order valence-corrected chi connectivity index (χ4v) is 7.04. The van der Waals surface area contributed by atoms with Crippen molar-refractivity contribution in [3.8, 4) is 0 Å². The molecule has 2 bridgehead atoms. The predicted octanol–water partition coefficient (Wildman–Crippen LogP) is 3.11. The zero-order chi connectivity index (χ0) is 27.2. The Balaban J connectivity index is 2.23. The van der Waals surface area contributed by atoms with Crippen LogP contribution in [0.1, 0.15) is 74.7 Å². The Kier molecular flexibility index (Phi) is 7.99. The maximum absolute atomic E-state index is 12.3. The molecule has 0 saturated carbocycles. The Morgan fingerprint density at radius 1 is 1.11 bits per heavy atom. The van der Waals surface area contributed by atoms with Gasteiger partial charge in [0.15, 0.2) is 0 Å². The summed E-state index contributed by atoms with van der Waals surface area (Å²) >= 11 is 0. The van der Waals surface area contributed by atoms with E-state index in [1.54, 1.807) is 27.9 Å². The van der Waals surface area contributed by atoms with Gasteiger partial charge < -0.3 is 28.8 Å². The molecular weight excluding hydrogens is 468 g/mol. The third-order valence-electron chi connectivity index (χ3n) is 8.19. The largest absolute Gasteiger partial charge is 0.459 e. The van der Waals surface area contributed by atoms with E-state index in [4.69, 9.17) is 23.7 Å². The van der Waals surface area contributed by atoms with Crippen LogP contribution in [0.2, 0.25) is 0 Å². The van der Waals surface area contributed by atoms with E-state index in [1.807, 2.05) is 19.9 Å². The molecule has 0 aromatic carbocycles. The van der Waals surface area contributed by atoms with Crippen LogP contribution in [0.5, 0.6) is 0 Å². The molecule has 0 radical (unpaired) electrons. The van der Waals surface area contributed by atoms with Crippen molar-refractivity contribution in [2.45, 2.75) is 116 Å². The number of carbonyl (C=O) groups is 3. The number of ether oxygens (including phenoxy) is 5. The maximum atomic E-state index is 12.3. The van der Waals surface area contributed by atoms with Crippen LogP contribution in [0.3, 0.4) is 0 Å². The molecule has 3 aliphatic rings. The number of methoxy groups -OCH3 is 1. The molecule has 0 aromatic rings. The van der Waals surface area contributed by atoms with E-state index < -0.39 is 65.0 Å². The molecule has 1 N–H and O–H groups in total. The lowest BCUT2D eigenvalue weighted by molar-refractivity contribution is -0.192. The van der Waals surface area contributed by atoms with Crippen molar-refractivity contribution in [2.75, 3.05) is 7.11 Å². The summed E-state index contributed by atoms with van der Waals surface area (Å²) in [5.41, 5.74) is -2.36. The van der Waals surface area contributed by atoms with Crippen molar-refractivity contribution in [1.29, 1.82) is 0 Å². The number of hydrogen-bond acceptors (Lipinski definition) is 9. The second-order valence-corrected chi connectivity index (χ2v) is 11.6. The number of hydrogen-bond donors (Lipinski definition) is 1. The molecule has 2 fully saturated rings. The standard InChI is InChI=1S/C27H42O9/c1-14-12-18(33-15(2)28)23(25(5,6)35-16(3)29)22-21(14)19-13-26(7,31)20(32-9)10-11-27(8,24(22)34-19)36-17(4)30/h12,18-24,31H,10-11,13H2,1-9H3/t18-,19-,20+,21-,22+,23+,24-,26+,27-/m1/s1. The lowest BCUT2D eigenvalue weighted by Crippen LogP contribution is -2.58. The molecule has 0 aromatic heterocycles. The van der Waals surface area contributed by atoms with E-state index in [0.717, 1.165) is 5.57 Å². The zero-order valence-corrected chi connectivity index (χ0v) is 23.0. The molecule has 2 aliphatic heterocycles. The van der Waals surface area contributed by atoms with E-state index >= 15 is 0 Å². The minimum absolute atomic E-state index is 0.196. The van der Waals surface area contributed by atoms with Crippen molar-refractivity contribution < 1.29 is 43.2 Å². The van der Waals surface area contributed by atoms with Crippen molar-refractivity contribution in [3.63, 3.8) is 0 Å². The average molecular weight is 511 g/mol. The van der Waals surface area contributed by atoms with Gasteiger partial charge in [0.2, 0.25) is 0 Å². The normalized spacial score (nSPS) is 40.6. The Hall–Kier alpha value is -1.97. The van der Waals surface area contributed by atoms with Crippen LogP contribution >= 0.6 is 0 Å². The predicted molar refractivity (Wildman–Crippen MR) is 130 cm³/mol. The van der Waals surface area contributed by atoms with Crippen molar-refractivity contribution in [2.24, 2.45) is 17.8 Å². The number of aliphatic hydroxyl groups is 1. The minimum atomic E-state index is -1.20. The molecule has 9 heteroatoms. The summed E-state index contributed by atoms with van der Waals surface area (Å²) in [4.78, 5) is 36.5. The second-order valence-electron chi connectivity index (χ2n) is 11.6. The Bertz CT molecular complexity index is 907. The van der Waals surface area contributed by atoms with E-state index in [0.29, 0.717) is 19.3 Å². The van der Waals surface area contributed by atoms with Crippen LogP contribution in [0.25, 0.3) is 0 Å². The first-order chi connectivity index (χ1) is 16.5. The summed E-state index contributed by atoms with van der Waals surface area (Å²) in [6, 6.07) is 0. The number of esters is 3. The monoisotopic (exact) mass is 510 g/mol. The Morgan fingerprint density at radius 3 is 2.28 bits per heavy atom. The number of rotatable bonds is 5. The van der Waals surface area contributed by atoms with Crippen LogP contribution in [-0.4, -0.2) is 71.3 Å². The lowest BCUT2D eigenvalue weighted by atomic mass is 9.60. The molecule has 0 amide bonds. The van der Waals surface area contributed by atoms with Crippen LogP contribution in [0, 0.1) is 17.8 Å². The Morgan fingerprint density at radius 2 is 1.75 bits per heavy atom. The quantitative estimate of drug-likeness (QED) is 0.338. The summed E-state index contributed by atoms with van der Waals surface area (Å²) in [6.45, 7) is 13.2. The topological polar surface area (TPSA) is 118 Å². The van der Waals surface area contributed by atoms with Gasteiger partial charge in [-0.1, -0.05) is 5.57 Å². The number of fused-ring (bicyclic) bond motifs is 5. The SMILES string of the molecule is CO[C@H]1CC[C@@](C)(OC(C)=O)[C@@H]2O[C@H](C[C@]1(C)O)[C@H]1C(C)=C[C@@H](OC(C)=O)[C@H](C(C)(C)OC(C)=O)[C@H]12. The molecule has 2 heterocycles. The zero-order valence-electron chi connectivity index (χ0n) is 23.0. The van der Waals surface area contributed by atoms with E-state index in [1.165, 1.54) is 20.8 Å². The summed E-state index contributed by atoms with van der Waals surface area (Å²) in [7, 11) is 1.56. The summed E-state index contributed by atoms with van der Waals surface area (Å²) in [5, 5.41) is 11.5. The van der Waals surface area contributed by atoms with Crippen molar-refractivity contribution >= 4 is 17.9 Å². The Labute approximate surface area is 213 Å². The van der Waals surface area contributed by atoms with Gasteiger partial charge in [-0.25, -0.2) is 0 Å². The smallest absolute Gasteiger partial charge is 0.303 e. The average Bonchev–Trinajstić information content (AvgIpc) is 3.05. The molecule has 204 valence electrons.